The molecule has 0 aromatic heterocycles. The van der Waals surface area contributed by atoms with Crippen LogP contribution in [0.4, 0.5) is 0 Å². The molecule has 0 radical (unpaired) electrons. The van der Waals surface area contributed by atoms with Crippen molar-refractivity contribution in [3.05, 3.63) is 35.4 Å². The third-order valence-electron chi connectivity index (χ3n) is 5.62. The first kappa shape index (κ1) is 24.0. The number of nitrogens with zero attached hydrogens (tertiary/aromatic N) is 1. The first-order valence-corrected chi connectivity index (χ1v) is 11.1. The van der Waals surface area contributed by atoms with Crippen molar-refractivity contribution in [2.75, 3.05) is 26.7 Å². The fourth-order valence-electron chi connectivity index (χ4n) is 3.80. The topological polar surface area (TPSA) is 90.5 Å². The van der Waals surface area contributed by atoms with Gasteiger partial charge in [0, 0.05) is 18.5 Å². The van der Waals surface area contributed by atoms with Gasteiger partial charge in [0.2, 0.25) is 11.8 Å². The van der Waals surface area contributed by atoms with Crippen LogP contribution in [0.3, 0.4) is 0 Å². The molecule has 30 heavy (non-hydrogen) atoms. The molecule has 0 bridgehead atoms. The minimum Gasteiger partial charge on any atom is -0.322 e. The monoisotopic (exact) mass is 416 g/mol. The summed E-state index contributed by atoms with van der Waals surface area (Å²) in [4.78, 5) is 36.6. The molecule has 1 saturated heterocycles. The van der Waals surface area contributed by atoms with Crippen molar-refractivity contribution in [1.82, 2.24) is 20.9 Å². The van der Waals surface area contributed by atoms with Crippen LogP contribution < -0.4 is 16.0 Å². The van der Waals surface area contributed by atoms with Crippen LogP contribution in [0.1, 0.15) is 61.9 Å². The van der Waals surface area contributed by atoms with Crippen molar-refractivity contribution in [1.29, 1.82) is 0 Å². The van der Waals surface area contributed by atoms with E-state index in [1.807, 2.05) is 25.2 Å². The average Bonchev–Trinajstić information content (AvgIpc) is 3.06. The van der Waals surface area contributed by atoms with Crippen LogP contribution in [0.2, 0.25) is 0 Å². The molecule has 3 rings (SSSR count). The van der Waals surface area contributed by atoms with Crippen molar-refractivity contribution >= 4 is 17.7 Å². The molecule has 0 spiro atoms. The van der Waals surface area contributed by atoms with Gasteiger partial charge in [-0.3, -0.25) is 19.7 Å². The van der Waals surface area contributed by atoms with Gasteiger partial charge in [-0.25, -0.2) is 0 Å². The first-order chi connectivity index (χ1) is 14.5. The van der Waals surface area contributed by atoms with Crippen molar-refractivity contribution in [3.63, 3.8) is 0 Å². The smallest absolute Gasteiger partial charge is 0.255 e. The summed E-state index contributed by atoms with van der Waals surface area (Å²) < 4.78 is 0. The van der Waals surface area contributed by atoms with Gasteiger partial charge < -0.3 is 15.5 Å². The van der Waals surface area contributed by atoms with E-state index in [1.165, 1.54) is 25.8 Å². The zero-order valence-corrected chi connectivity index (χ0v) is 18.5. The van der Waals surface area contributed by atoms with Gasteiger partial charge in [0.15, 0.2) is 0 Å². The lowest BCUT2D eigenvalue weighted by atomic mass is 10.0. The van der Waals surface area contributed by atoms with Crippen molar-refractivity contribution in [2.45, 2.75) is 58.5 Å². The number of imide groups is 1. The third-order valence-corrected chi connectivity index (χ3v) is 5.62. The fourth-order valence-corrected chi connectivity index (χ4v) is 3.80. The summed E-state index contributed by atoms with van der Waals surface area (Å²) in [6.07, 6.45) is 4.68. The Morgan fingerprint density at radius 3 is 2.60 bits per heavy atom. The summed E-state index contributed by atoms with van der Waals surface area (Å²) in [5.74, 6) is 0.116. The van der Waals surface area contributed by atoms with Crippen molar-refractivity contribution < 1.29 is 14.4 Å². The Labute approximate surface area is 180 Å². The highest BCUT2D eigenvalue weighted by atomic mass is 16.2. The summed E-state index contributed by atoms with van der Waals surface area (Å²) in [6.45, 7) is 8.38. The predicted molar refractivity (Wildman–Crippen MR) is 118 cm³/mol. The lowest BCUT2D eigenvalue weighted by Crippen LogP contribution is -2.52. The lowest BCUT2D eigenvalue weighted by molar-refractivity contribution is -0.136. The van der Waals surface area contributed by atoms with E-state index in [4.69, 9.17) is 0 Å². The quantitative estimate of drug-likeness (QED) is 0.424. The van der Waals surface area contributed by atoms with Crippen LogP contribution in [-0.2, 0) is 16.1 Å². The van der Waals surface area contributed by atoms with Gasteiger partial charge in [-0.1, -0.05) is 32.0 Å². The molecule has 2 aliphatic heterocycles. The minimum atomic E-state index is -0.525. The Morgan fingerprint density at radius 2 is 1.93 bits per heavy atom. The maximum Gasteiger partial charge on any atom is 0.255 e. The van der Waals surface area contributed by atoms with E-state index in [1.54, 1.807) is 11.0 Å². The van der Waals surface area contributed by atoms with E-state index in [9.17, 15) is 14.4 Å². The second kappa shape index (κ2) is 12.4. The number of nitrogens with one attached hydrogen (secondary N) is 3. The van der Waals surface area contributed by atoms with Gasteiger partial charge >= 0.3 is 0 Å². The number of hydrogen-bond acceptors (Lipinski definition) is 5. The van der Waals surface area contributed by atoms with Gasteiger partial charge in [-0.05, 0) is 69.9 Å². The molecule has 2 heterocycles. The molecule has 7 nitrogen and oxygen atoms in total. The molecule has 1 fully saturated rings. The molecule has 166 valence electrons. The summed E-state index contributed by atoms with van der Waals surface area (Å²) >= 11 is 0. The Balaban J connectivity index is 0.000000235. The highest BCUT2D eigenvalue weighted by molar-refractivity contribution is 6.05. The van der Waals surface area contributed by atoms with E-state index in [0.29, 0.717) is 18.5 Å². The van der Waals surface area contributed by atoms with E-state index in [-0.39, 0.29) is 24.1 Å². The maximum atomic E-state index is 12.2. The molecular formula is C23H36N4O3. The standard InChI is InChI=1S/C13H12N2O3.C10H24N2/c16-11-6-5-10(12(17)14-11)15-7-8-3-1-2-4-9(8)13(15)18;1-4-12-9-7-10(2)6-5-8-11-3/h1-4,10H,5-7H2,(H,14,16,17);10-12H,4-9H2,1-3H3. The Hall–Kier alpha value is -2.25. The Bertz CT molecular complexity index is 712. The van der Waals surface area contributed by atoms with Crippen molar-refractivity contribution in [3.8, 4) is 0 Å². The van der Waals surface area contributed by atoms with Gasteiger partial charge in [0.05, 0.1) is 0 Å². The molecule has 3 N–H and O–H groups in total. The summed E-state index contributed by atoms with van der Waals surface area (Å²) in [7, 11) is 2.02. The number of fused-ring (bicyclic) bond motifs is 1. The van der Waals surface area contributed by atoms with E-state index < -0.39 is 6.04 Å². The molecule has 1 aromatic rings. The molecule has 2 aliphatic rings. The number of carbonyl (C=O) groups excluding carboxylic acids is 3. The second-order valence-electron chi connectivity index (χ2n) is 8.05. The molecule has 7 heteroatoms. The summed E-state index contributed by atoms with van der Waals surface area (Å²) in [5.41, 5.74) is 1.59. The number of rotatable bonds is 9. The highest BCUT2D eigenvalue weighted by Crippen LogP contribution is 2.26. The lowest BCUT2D eigenvalue weighted by Gasteiger charge is -2.29. The molecule has 3 amide bonds. The van der Waals surface area contributed by atoms with Gasteiger partial charge in [-0.2, -0.15) is 0 Å². The normalized spacial score (nSPS) is 19.1. The average molecular weight is 417 g/mol. The second-order valence-corrected chi connectivity index (χ2v) is 8.05. The minimum absolute atomic E-state index is 0.125. The van der Waals surface area contributed by atoms with Crippen LogP contribution in [0.25, 0.3) is 0 Å². The molecule has 0 aliphatic carbocycles. The van der Waals surface area contributed by atoms with E-state index in [2.05, 4.69) is 29.8 Å². The SMILES string of the molecule is CCNCCC(C)CCCNC.O=C1CCC(N2Cc3ccccc3C2=O)C(=O)N1. The third kappa shape index (κ3) is 6.92. The number of benzene rings is 1. The van der Waals surface area contributed by atoms with Crippen LogP contribution >= 0.6 is 0 Å². The van der Waals surface area contributed by atoms with E-state index in [0.717, 1.165) is 24.6 Å². The first-order valence-electron chi connectivity index (χ1n) is 11.1. The van der Waals surface area contributed by atoms with Crippen LogP contribution in [0, 0.1) is 5.92 Å². The maximum absolute atomic E-state index is 12.2. The highest BCUT2D eigenvalue weighted by Gasteiger charge is 2.38. The van der Waals surface area contributed by atoms with Gasteiger partial charge in [0.25, 0.3) is 5.91 Å². The zero-order chi connectivity index (χ0) is 21.9. The number of carbonyl (C=O) groups is 3. The number of hydrogen-bond donors (Lipinski definition) is 3. The molecule has 0 saturated carbocycles. The van der Waals surface area contributed by atoms with Gasteiger partial charge in [-0.15, -0.1) is 0 Å². The Morgan fingerprint density at radius 1 is 1.17 bits per heavy atom. The van der Waals surface area contributed by atoms with Gasteiger partial charge in [0.1, 0.15) is 6.04 Å². The molecule has 1 aromatic carbocycles. The molecule has 2 unspecified atom stereocenters. The zero-order valence-electron chi connectivity index (χ0n) is 18.5. The predicted octanol–water partition coefficient (Wildman–Crippen LogP) is 2.07. The number of amides is 3. The van der Waals surface area contributed by atoms with E-state index >= 15 is 0 Å². The Kier molecular flexibility index (Phi) is 9.97. The summed E-state index contributed by atoms with van der Waals surface area (Å²) in [6, 6.07) is 6.82. The fraction of sp³-hybridized carbons (Fsp3) is 0.609. The van der Waals surface area contributed by atoms with Crippen molar-refractivity contribution in [2.24, 2.45) is 5.92 Å². The van der Waals surface area contributed by atoms with Crippen LogP contribution in [-0.4, -0.2) is 55.3 Å². The molecule has 2 atom stereocenters. The largest absolute Gasteiger partial charge is 0.322 e. The van der Waals surface area contributed by atoms with Crippen LogP contribution in [0.15, 0.2) is 24.3 Å². The summed E-state index contributed by atoms with van der Waals surface area (Å²) in [5, 5.41) is 8.81. The van der Waals surface area contributed by atoms with Crippen LogP contribution in [0.5, 0.6) is 0 Å². The number of piperidine rings is 1. The molecular weight excluding hydrogens is 380 g/mol.